The van der Waals surface area contributed by atoms with E-state index in [1.54, 1.807) is 0 Å². The molecule has 114 valence electrons. The first kappa shape index (κ1) is 14.9. The zero-order valence-corrected chi connectivity index (χ0v) is 12.9. The van der Waals surface area contributed by atoms with Crippen LogP contribution in [0.3, 0.4) is 0 Å². The Morgan fingerprint density at radius 1 is 1.23 bits per heavy atom. The van der Waals surface area contributed by atoms with Gasteiger partial charge in [-0.2, -0.15) is 4.98 Å². The Balaban J connectivity index is 1.92. The van der Waals surface area contributed by atoms with Crippen molar-refractivity contribution in [1.29, 1.82) is 5.41 Å². The van der Waals surface area contributed by atoms with Crippen molar-refractivity contribution < 1.29 is 9.84 Å². The molecule has 0 aliphatic heterocycles. The Kier molecular flexibility index (Phi) is 4.29. The van der Waals surface area contributed by atoms with Crippen molar-refractivity contribution in [3.8, 4) is 11.8 Å². The fraction of sp³-hybridized carbons (Fsp3) is 0.294. The van der Waals surface area contributed by atoms with E-state index < -0.39 is 0 Å². The molecule has 0 saturated carbocycles. The van der Waals surface area contributed by atoms with Crippen molar-refractivity contribution in [3.05, 3.63) is 51.5 Å². The van der Waals surface area contributed by atoms with Gasteiger partial charge in [0.15, 0.2) is 0 Å². The van der Waals surface area contributed by atoms with Gasteiger partial charge in [0.05, 0.1) is 5.56 Å². The topological polar surface area (TPSA) is 66.2 Å². The largest absolute Gasteiger partial charge is 0.493 e. The Labute approximate surface area is 134 Å². The number of ether oxygens (including phenoxy) is 1. The summed E-state index contributed by atoms with van der Waals surface area (Å²) in [6, 6.07) is 7.50. The maximum atomic E-state index is 10.0. The predicted octanol–water partition coefficient (Wildman–Crippen LogP) is 3.90. The van der Waals surface area contributed by atoms with Crippen molar-refractivity contribution in [2.75, 3.05) is 0 Å². The van der Waals surface area contributed by atoms with E-state index in [9.17, 15) is 5.11 Å². The van der Waals surface area contributed by atoms with Gasteiger partial charge in [-0.1, -0.05) is 29.8 Å². The van der Waals surface area contributed by atoms with Crippen molar-refractivity contribution in [1.82, 2.24) is 4.98 Å². The quantitative estimate of drug-likeness (QED) is 0.841. The maximum Gasteiger partial charge on any atom is 0.223 e. The monoisotopic (exact) mass is 316 g/mol. The van der Waals surface area contributed by atoms with Crippen LogP contribution in [0.5, 0.6) is 11.8 Å². The Morgan fingerprint density at radius 3 is 2.68 bits per heavy atom. The lowest BCUT2D eigenvalue weighted by Gasteiger charge is -2.21. The molecule has 0 amide bonds. The number of nitrogens with zero attached hydrogens (tertiary/aromatic N) is 1. The van der Waals surface area contributed by atoms with E-state index in [4.69, 9.17) is 21.7 Å². The summed E-state index contributed by atoms with van der Waals surface area (Å²) in [5, 5.41) is 18.2. The number of hydrogen-bond acceptors (Lipinski definition) is 4. The smallest absolute Gasteiger partial charge is 0.223 e. The van der Waals surface area contributed by atoms with Crippen LogP contribution in [0, 0.1) is 5.41 Å². The molecule has 0 spiro atoms. The Hall–Kier alpha value is -2.07. The van der Waals surface area contributed by atoms with Gasteiger partial charge in [0.25, 0.3) is 0 Å². The average molecular weight is 317 g/mol. The van der Waals surface area contributed by atoms with Crippen molar-refractivity contribution in [2.45, 2.75) is 32.3 Å². The minimum absolute atomic E-state index is 0.134. The fourth-order valence-electron chi connectivity index (χ4n) is 2.83. The molecule has 1 aromatic carbocycles. The number of nitrogens with one attached hydrogen (secondary N) is 1. The lowest BCUT2D eigenvalue weighted by atomic mass is 9.89. The van der Waals surface area contributed by atoms with Crippen molar-refractivity contribution in [3.63, 3.8) is 0 Å². The highest BCUT2D eigenvalue weighted by Crippen LogP contribution is 2.34. The number of hydrogen-bond donors (Lipinski definition) is 2. The third-order valence-corrected chi connectivity index (χ3v) is 4.33. The summed E-state index contributed by atoms with van der Waals surface area (Å²) in [7, 11) is 0. The summed E-state index contributed by atoms with van der Waals surface area (Å²) >= 11 is 6.13. The van der Waals surface area contributed by atoms with Gasteiger partial charge >= 0.3 is 0 Å². The fourth-order valence-corrected chi connectivity index (χ4v) is 3.02. The van der Waals surface area contributed by atoms with E-state index >= 15 is 0 Å². The number of aromatic hydroxyl groups is 1. The first-order valence-electron chi connectivity index (χ1n) is 7.32. The molecule has 0 atom stereocenters. The van der Waals surface area contributed by atoms with Gasteiger partial charge in [0, 0.05) is 22.4 Å². The van der Waals surface area contributed by atoms with E-state index in [0.29, 0.717) is 23.1 Å². The molecule has 0 unspecified atom stereocenters. The summed E-state index contributed by atoms with van der Waals surface area (Å²) < 4.78 is 5.82. The molecule has 2 N–H and O–H groups in total. The Bertz CT molecular complexity index is 716. The lowest BCUT2D eigenvalue weighted by molar-refractivity contribution is 0.283. The van der Waals surface area contributed by atoms with Crippen LogP contribution in [-0.2, 0) is 19.4 Å². The van der Waals surface area contributed by atoms with Crippen LogP contribution < -0.4 is 4.74 Å². The average Bonchev–Trinajstić information content (AvgIpc) is 2.54. The van der Waals surface area contributed by atoms with Gasteiger partial charge in [-0.25, -0.2) is 0 Å². The lowest BCUT2D eigenvalue weighted by Crippen LogP contribution is -2.11. The summed E-state index contributed by atoms with van der Waals surface area (Å²) in [4.78, 5) is 4.14. The molecule has 2 aromatic rings. The molecule has 0 saturated heterocycles. The van der Waals surface area contributed by atoms with E-state index in [2.05, 4.69) is 4.98 Å². The molecule has 1 aliphatic carbocycles. The normalized spacial score (nSPS) is 13.5. The van der Waals surface area contributed by atoms with E-state index in [1.165, 1.54) is 6.21 Å². The second-order valence-corrected chi connectivity index (χ2v) is 5.75. The number of benzene rings is 1. The number of fused-ring (bicyclic) bond motifs is 1. The van der Waals surface area contributed by atoms with Crippen LogP contribution in [0.25, 0.3) is 0 Å². The molecule has 0 bridgehead atoms. The second kappa shape index (κ2) is 6.36. The van der Waals surface area contributed by atoms with Crippen LogP contribution >= 0.6 is 11.6 Å². The zero-order chi connectivity index (χ0) is 15.5. The maximum absolute atomic E-state index is 10.0. The van der Waals surface area contributed by atoms with Crippen LogP contribution in [0.15, 0.2) is 24.3 Å². The first-order chi connectivity index (χ1) is 10.7. The summed E-state index contributed by atoms with van der Waals surface area (Å²) in [6.45, 7) is 0.308. The number of rotatable bonds is 4. The van der Waals surface area contributed by atoms with Crippen molar-refractivity contribution in [2.24, 2.45) is 0 Å². The minimum atomic E-state index is -0.134. The molecular weight excluding hydrogens is 300 g/mol. The molecule has 5 heteroatoms. The van der Waals surface area contributed by atoms with Gasteiger partial charge in [0.2, 0.25) is 11.8 Å². The Morgan fingerprint density at radius 2 is 1.95 bits per heavy atom. The van der Waals surface area contributed by atoms with E-state index in [1.807, 2.05) is 24.3 Å². The molecule has 0 fully saturated rings. The summed E-state index contributed by atoms with van der Waals surface area (Å²) in [5.74, 6) is 0.322. The highest BCUT2D eigenvalue weighted by atomic mass is 35.5. The summed E-state index contributed by atoms with van der Waals surface area (Å²) in [6.07, 6.45) is 5.00. The number of aromatic nitrogens is 1. The zero-order valence-electron chi connectivity index (χ0n) is 12.1. The molecule has 1 aliphatic rings. The van der Waals surface area contributed by atoms with E-state index in [0.717, 1.165) is 42.4 Å². The van der Waals surface area contributed by atoms with Crippen LogP contribution in [-0.4, -0.2) is 16.3 Å². The predicted molar refractivity (Wildman–Crippen MR) is 86.2 cm³/mol. The van der Waals surface area contributed by atoms with E-state index in [-0.39, 0.29) is 5.88 Å². The van der Waals surface area contributed by atoms with Gasteiger partial charge in [-0.15, -0.1) is 0 Å². The number of pyridine rings is 1. The molecule has 0 radical (unpaired) electrons. The minimum Gasteiger partial charge on any atom is -0.493 e. The standard InChI is InChI=1S/C17H17ClN2O2/c18-15-8-4-1-5-11(15)10-22-17-13-7-3-2-6-12(13)14(9-19)16(21)20-17/h1,4-5,8-9,19H,2-3,6-7,10H2,(H,20,21). The third kappa shape index (κ3) is 2.79. The van der Waals surface area contributed by atoms with Gasteiger partial charge in [0.1, 0.15) is 6.61 Å². The third-order valence-electron chi connectivity index (χ3n) is 3.97. The van der Waals surface area contributed by atoms with Crippen LogP contribution in [0.2, 0.25) is 5.02 Å². The van der Waals surface area contributed by atoms with Gasteiger partial charge < -0.3 is 15.3 Å². The summed E-state index contributed by atoms with van der Waals surface area (Å²) in [5.41, 5.74) is 3.39. The molecular formula is C17H17ClN2O2. The molecule has 3 rings (SSSR count). The first-order valence-corrected chi connectivity index (χ1v) is 7.70. The molecule has 1 heterocycles. The van der Waals surface area contributed by atoms with Crippen LogP contribution in [0.1, 0.15) is 35.1 Å². The number of halogens is 1. The van der Waals surface area contributed by atoms with Crippen molar-refractivity contribution >= 4 is 17.8 Å². The highest BCUT2D eigenvalue weighted by Gasteiger charge is 2.22. The molecule has 22 heavy (non-hydrogen) atoms. The SMILES string of the molecule is N=Cc1c(O)nc(OCc2ccccc2Cl)c2c1CCCC2. The molecule has 1 aromatic heterocycles. The van der Waals surface area contributed by atoms with Crippen LogP contribution in [0.4, 0.5) is 0 Å². The highest BCUT2D eigenvalue weighted by molar-refractivity contribution is 6.31. The van der Waals surface area contributed by atoms with Gasteiger partial charge in [-0.3, -0.25) is 0 Å². The second-order valence-electron chi connectivity index (χ2n) is 5.34. The molecule has 4 nitrogen and oxygen atoms in total. The van der Waals surface area contributed by atoms with Gasteiger partial charge in [-0.05, 0) is 37.3 Å².